The molecule has 5 heteroatoms. The summed E-state index contributed by atoms with van der Waals surface area (Å²) in [5, 5.41) is 10.9. The van der Waals surface area contributed by atoms with Crippen LogP contribution in [0.4, 0.5) is 0 Å². The SMILES string of the molecule is Cc1ccc(CN(C)C(=O)c2cc[n+]([O-])cc2)o1. The van der Waals surface area contributed by atoms with Crippen LogP contribution in [0.2, 0.25) is 0 Å². The van der Waals surface area contributed by atoms with Crippen LogP contribution in [0.5, 0.6) is 0 Å². The molecule has 2 rings (SSSR count). The van der Waals surface area contributed by atoms with Gasteiger partial charge in [0.05, 0.1) is 12.1 Å². The zero-order valence-corrected chi connectivity index (χ0v) is 10.3. The molecule has 5 nitrogen and oxygen atoms in total. The second-order valence-electron chi connectivity index (χ2n) is 4.12. The summed E-state index contributed by atoms with van der Waals surface area (Å²) in [4.78, 5) is 13.6. The number of furan rings is 1. The van der Waals surface area contributed by atoms with Crippen LogP contribution in [0.1, 0.15) is 21.9 Å². The van der Waals surface area contributed by atoms with E-state index in [0.717, 1.165) is 11.5 Å². The number of carbonyl (C=O) groups excluding carboxylic acids is 1. The van der Waals surface area contributed by atoms with E-state index in [4.69, 9.17) is 4.42 Å². The zero-order chi connectivity index (χ0) is 13.1. The fourth-order valence-electron chi connectivity index (χ4n) is 1.65. The molecule has 0 aromatic carbocycles. The fourth-order valence-corrected chi connectivity index (χ4v) is 1.65. The lowest BCUT2D eigenvalue weighted by atomic mass is 10.2. The van der Waals surface area contributed by atoms with E-state index < -0.39 is 0 Å². The van der Waals surface area contributed by atoms with E-state index in [9.17, 15) is 10.0 Å². The van der Waals surface area contributed by atoms with Crippen LogP contribution in [-0.4, -0.2) is 17.9 Å². The maximum Gasteiger partial charge on any atom is 0.254 e. The molecule has 2 heterocycles. The lowest BCUT2D eigenvalue weighted by molar-refractivity contribution is -0.605. The van der Waals surface area contributed by atoms with Gasteiger partial charge in [0.15, 0.2) is 12.4 Å². The van der Waals surface area contributed by atoms with Crippen LogP contribution in [0, 0.1) is 12.1 Å². The summed E-state index contributed by atoms with van der Waals surface area (Å²) in [7, 11) is 1.69. The van der Waals surface area contributed by atoms with Gasteiger partial charge in [-0.3, -0.25) is 4.79 Å². The van der Waals surface area contributed by atoms with Crippen molar-refractivity contribution in [2.75, 3.05) is 7.05 Å². The predicted molar refractivity (Wildman–Crippen MR) is 64.6 cm³/mol. The van der Waals surface area contributed by atoms with Gasteiger partial charge >= 0.3 is 0 Å². The Morgan fingerprint density at radius 2 is 2.00 bits per heavy atom. The summed E-state index contributed by atoms with van der Waals surface area (Å²) in [6.45, 7) is 2.26. The second-order valence-corrected chi connectivity index (χ2v) is 4.12. The largest absolute Gasteiger partial charge is 0.619 e. The normalized spacial score (nSPS) is 10.3. The number of carbonyl (C=O) groups is 1. The van der Waals surface area contributed by atoms with Crippen molar-refractivity contribution in [2.24, 2.45) is 0 Å². The van der Waals surface area contributed by atoms with Gasteiger partial charge in [-0.25, -0.2) is 0 Å². The molecule has 0 spiro atoms. The van der Waals surface area contributed by atoms with Crippen molar-refractivity contribution in [3.05, 3.63) is 59.0 Å². The van der Waals surface area contributed by atoms with Crippen LogP contribution in [-0.2, 0) is 6.54 Å². The Morgan fingerprint density at radius 3 is 2.56 bits per heavy atom. The van der Waals surface area contributed by atoms with Crippen LogP contribution < -0.4 is 4.73 Å². The third-order valence-corrected chi connectivity index (χ3v) is 2.58. The number of pyridine rings is 1. The number of hydrogen-bond acceptors (Lipinski definition) is 3. The standard InChI is InChI=1S/C13H14N2O3/c1-10-3-4-12(18-10)9-14(2)13(16)11-5-7-15(17)8-6-11/h3-8H,9H2,1-2H3. The van der Waals surface area contributed by atoms with Crippen LogP contribution in [0.25, 0.3) is 0 Å². The van der Waals surface area contributed by atoms with Gasteiger partial charge in [-0.05, 0) is 19.1 Å². The van der Waals surface area contributed by atoms with E-state index in [1.807, 2.05) is 19.1 Å². The van der Waals surface area contributed by atoms with Crippen LogP contribution in [0.15, 0.2) is 41.1 Å². The van der Waals surface area contributed by atoms with E-state index in [1.165, 1.54) is 24.5 Å². The van der Waals surface area contributed by atoms with Crippen LogP contribution >= 0.6 is 0 Å². The van der Waals surface area contributed by atoms with Gasteiger partial charge in [0.1, 0.15) is 11.5 Å². The lowest BCUT2D eigenvalue weighted by Crippen LogP contribution is -2.29. The van der Waals surface area contributed by atoms with E-state index in [2.05, 4.69) is 0 Å². The quantitative estimate of drug-likeness (QED) is 0.609. The molecule has 2 aromatic rings. The Balaban J connectivity index is 2.07. The molecular formula is C13H14N2O3. The Bertz CT molecular complexity index is 546. The van der Waals surface area contributed by atoms with E-state index >= 15 is 0 Å². The summed E-state index contributed by atoms with van der Waals surface area (Å²) in [5.41, 5.74) is 0.480. The zero-order valence-electron chi connectivity index (χ0n) is 10.3. The molecule has 0 radical (unpaired) electrons. The molecular weight excluding hydrogens is 232 g/mol. The van der Waals surface area contributed by atoms with Gasteiger partial charge in [-0.15, -0.1) is 0 Å². The lowest BCUT2D eigenvalue weighted by Gasteiger charge is -2.15. The first kappa shape index (κ1) is 12.2. The van der Waals surface area contributed by atoms with Gasteiger partial charge in [-0.2, -0.15) is 4.73 Å². The van der Waals surface area contributed by atoms with Crippen molar-refractivity contribution < 1.29 is 13.9 Å². The van der Waals surface area contributed by atoms with Crippen molar-refractivity contribution >= 4 is 5.91 Å². The molecule has 94 valence electrons. The Morgan fingerprint density at radius 1 is 1.33 bits per heavy atom. The van der Waals surface area contributed by atoms with E-state index in [0.29, 0.717) is 16.8 Å². The van der Waals surface area contributed by atoms with Gasteiger partial charge in [0.25, 0.3) is 5.91 Å². The molecule has 0 aliphatic carbocycles. The highest BCUT2D eigenvalue weighted by Crippen LogP contribution is 2.10. The predicted octanol–water partition coefficient (Wildman–Crippen LogP) is 1.49. The maximum absolute atomic E-state index is 12.0. The van der Waals surface area contributed by atoms with Crippen molar-refractivity contribution in [2.45, 2.75) is 13.5 Å². The Kier molecular flexibility index (Phi) is 3.32. The van der Waals surface area contributed by atoms with Gasteiger partial charge in [-0.1, -0.05) is 0 Å². The molecule has 0 aliphatic heterocycles. The smallest absolute Gasteiger partial charge is 0.254 e. The average molecular weight is 246 g/mol. The number of hydrogen-bond donors (Lipinski definition) is 0. The molecule has 0 saturated heterocycles. The molecule has 0 fully saturated rings. The summed E-state index contributed by atoms with van der Waals surface area (Å²) in [6, 6.07) is 6.70. The number of aryl methyl sites for hydroxylation is 1. The second kappa shape index (κ2) is 4.91. The highest BCUT2D eigenvalue weighted by atomic mass is 16.5. The first-order valence-corrected chi connectivity index (χ1v) is 5.56. The van der Waals surface area contributed by atoms with Crippen molar-refractivity contribution in [3.8, 4) is 0 Å². The summed E-state index contributed by atoms with van der Waals surface area (Å²) >= 11 is 0. The van der Waals surface area contributed by atoms with E-state index in [-0.39, 0.29) is 5.91 Å². The first-order chi connectivity index (χ1) is 8.56. The number of amides is 1. The summed E-state index contributed by atoms with van der Waals surface area (Å²) in [6.07, 6.45) is 2.61. The van der Waals surface area contributed by atoms with E-state index in [1.54, 1.807) is 11.9 Å². The molecule has 18 heavy (non-hydrogen) atoms. The molecule has 0 unspecified atom stereocenters. The molecule has 0 N–H and O–H groups in total. The maximum atomic E-state index is 12.0. The van der Waals surface area contributed by atoms with Gasteiger partial charge in [0.2, 0.25) is 0 Å². The fraction of sp³-hybridized carbons (Fsp3) is 0.231. The van der Waals surface area contributed by atoms with Gasteiger partial charge in [0, 0.05) is 19.2 Å². The average Bonchev–Trinajstić information content (AvgIpc) is 2.75. The molecule has 0 atom stereocenters. The monoisotopic (exact) mass is 246 g/mol. The number of rotatable bonds is 3. The highest BCUT2D eigenvalue weighted by molar-refractivity contribution is 5.93. The third-order valence-electron chi connectivity index (χ3n) is 2.58. The van der Waals surface area contributed by atoms with Crippen molar-refractivity contribution in [1.82, 2.24) is 4.90 Å². The Hall–Kier alpha value is -2.30. The Labute approximate surface area is 105 Å². The number of aromatic nitrogens is 1. The van der Waals surface area contributed by atoms with Crippen molar-refractivity contribution in [1.29, 1.82) is 0 Å². The molecule has 0 bridgehead atoms. The molecule has 0 aliphatic rings. The van der Waals surface area contributed by atoms with Crippen molar-refractivity contribution in [3.63, 3.8) is 0 Å². The minimum absolute atomic E-state index is 0.148. The van der Waals surface area contributed by atoms with Gasteiger partial charge < -0.3 is 14.5 Å². The third kappa shape index (κ3) is 2.68. The van der Waals surface area contributed by atoms with Crippen LogP contribution in [0.3, 0.4) is 0 Å². The molecule has 2 aromatic heterocycles. The molecule has 1 amide bonds. The topological polar surface area (TPSA) is 60.4 Å². The number of nitrogens with zero attached hydrogens (tertiary/aromatic N) is 2. The summed E-state index contributed by atoms with van der Waals surface area (Å²) in [5.74, 6) is 1.40. The minimum Gasteiger partial charge on any atom is -0.619 e. The minimum atomic E-state index is -0.148. The first-order valence-electron chi connectivity index (χ1n) is 5.56. The molecule has 0 saturated carbocycles. The highest BCUT2D eigenvalue weighted by Gasteiger charge is 2.14. The summed E-state index contributed by atoms with van der Waals surface area (Å²) < 4.78 is 6.06.